The molecule has 0 saturated carbocycles. The molecule has 0 aliphatic heterocycles. The summed E-state index contributed by atoms with van der Waals surface area (Å²) in [5, 5.41) is 2.57. The normalized spacial score (nSPS) is 11.2. The highest BCUT2D eigenvalue weighted by atomic mass is 32.2. The number of carbonyl (C=O) groups is 1. The number of benzene rings is 2. The van der Waals surface area contributed by atoms with Gasteiger partial charge in [0.25, 0.3) is 0 Å². The van der Waals surface area contributed by atoms with E-state index in [2.05, 4.69) is 15.3 Å². The largest absolute Gasteiger partial charge is 0.493 e. The number of thioether (sulfide) groups is 1. The van der Waals surface area contributed by atoms with Gasteiger partial charge in [-0.15, -0.1) is 0 Å². The van der Waals surface area contributed by atoms with E-state index >= 15 is 0 Å². The van der Waals surface area contributed by atoms with Crippen LogP contribution in [0.1, 0.15) is 11.3 Å². The van der Waals surface area contributed by atoms with Crippen molar-refractivity contribution in [2.75, 3.05) is 20.0 Å². The fourth-order valence-corrected chi connectivity index (χ4v) is 3.44. The molecule has 168 valence electrons. The Morgan fingerprint density at radius 2 is 1.72 bits per heavy atom. The average Bonchev–Trinajstić information content (AvgIpc) is 2.80. The van der Waals surface area contributed by atoms with E-state index in [1.165, 1.54) is 20.3 Å². The van der Waals surface area contributed by atoms with Crippen molar-refractivity contribution in [3.8, 4) is 22.8 Å². The number of alkyl halides is 3. The van der Waals surface area contributed by atoms with Gasteiger partial charge in [0.2, 0.25) is 5.91 Å². The minimum atomic E-state index is -4.67. The molecule has 0 radical (unpaired) electrons. The SMILES string of the molecule is COc1ccc(-c2cc(C(F)(F)F)nc(SCC(=O)NCc3ccccc3)n2)cc1OC. The number of halogens is 3. The van der Waals surface area contributed by atoms with Crippen LogP contribution in [0.2, 0.25) is 0 Å². The van der Waals surface area contributed by atoms with Gasteiger partial charge in [-0.05, 0) is 29.8 Å². The zero-order chi connectivity index (χ0) is 23.1. The molecule has 0 bridgehead atoms. The molecule has 0 aliphatic rings. The van der Waals surface area contributed by atoms with Crippen LogP contribution in [0.3, 0.4) is 0 Å². The minimum absolute atomic E-state index is 0.0560. The summed E-state index contributed by atoms with van der Waals surface area (Å²) in [6, 6.07) is 14.8. The van der Waals surface area contributed by atoms with E-state index < -0.39 is 11.9 Å². The molecule has 2 aromatic carbocycles. The highest BCUT2D eigenvalue weighted by Gasteiger charge is 2.34. The van der Waals surface area contributed by atoms with Crippen molar-refractivity contribution in [3.63, 3.8) is 0 Å². The number of ether oxygens (including phenoxy) is 2. The van der Waals surface area contributed by atoms with Crippen LogP contribution in [0.25, 0.3) is 11.3 Å². The Morgan fingerprint density at radius 3 is 2.38 bits per heavy atom. The first kappa shape index (κ1) is 23.4. The molecule has 0 atom stereocenters. The molecule has 1 amide bonds. The maximum absolute atomic E-state index is 13.4. The maximum Gasteiger partial charge on any atom is 0.433 e. The molecular formula is C22H20F3N3O3S. The van der Waals surface area contributed by atoms with Crippen molar-refractivity contribution < 1.29 is 27.4 Å². The maximum atomic E-state index is 13.4. The number of amides is 1. The van der Waals surface area contributed by atoms with E-state index in [0.717, 1.165) is 23.4 Å². The summed E-state index contributed by atoms with van der Waals surface area (Å²) in [4.78, 5) is 19.9. The fraction of sp³-hybridized carbons (Fsp3) is 0.227. The first-order valence-electron chi connectivity index (χ1n) is 9.42. The monoisotopic (exact) mass is 463 g/mol. The Balaban J connectivity index is 1.79. The molecule has 0 unspecified atom stereocenters. The first-order valence-corrected chi connectivity index (χ1v) is 10.4. The van der Waals surface area contributed by atoms with Crippen LogP contribution in [0.4, 0.5) is 13.2 Å². The van der Waals surface area contributed by atoms with Crippen LogP contribution in [-0.2, 0) is 17.5 Å². The van der Waals surface area contributed by atoms with Gasteiger partial charge in [-0.2, -0.15) is 13.2 Å². The Morgan fingerprint density at radius 1 is 1.00 bits per heavy atom. The molecule has 3 rings (SSSR count). The number of hydrogen-bond acceptors (Lipinski definition) is 6. The summed E-state index contributed by atoms with van der Waals surface area (Å²) in [5.74, 6) is 0.324. The van der Waals surface area contributed by atoms with Gasteiger partial charge in [-0.1, -0.05) is 42.1 Å². The summed E-state index contributed by atoms with van der Waals surface area (Å²) in [5.41, 5.74) is 0.271. The number of carbonyl (C=O) groups excluding carboxylic acids is 1. The zero-order valence-corrected chi connectivity index (χ0v) is 18.1. The second kappa shape index (κ2) is 10.4. The van der Waals surface area contributed by atoms with Crippen LogP contribution in [0, 0.1) is 0 Å². The molecule has 3 aromatic rings. The third-order valence-corrected chi connectivity index (χ3v) is 5.19. The molecule has 0 aliphatic carbocycles. The van der Waals surface area contributed by atoms with Gasteiger partial charge < -0.3 is 14.8 Å². The Labute approximate surface area is 187 Å². The van der Waals surface area contributed by atoms with Gasteiger partial charge >= 0.3 is 6.18 Å². The third-order valence-electron chi connectivity index (χ3n) is 4.34. The minimum Gasteiger partial charge on any atom is -0.493 e. The molecule has 1 heterocycles. The lowest BCUT2D eigenvalue weighted by molar-refractivity contribution is -0.141. The van der Waals surface area contributed by atoms with Gasteiger partial charge in [0, 0.05) is 12.1 Å². The Bertz CT molecular complexity index is 1080. The first-order chi connectivity index (χ1) is 15.3. The topological polar surface area (TPSA) is 73.3 Å². The zero-order valence-electron chi connectivity index (χ0n) is 17.3. The number of aromatic nitrogens is 2. The summed E-state index contributed by atoms with van der Waals surface area (Å²) < 4.78 is 50.6. The van der Waals surface area contributed by atoms with Crippen LogP contribution in [0.15, 0.2) is 59.8 Å². The van der Waals surface area contributed by atoms with E-state index in [9.17, 15) is 18.0 Å². The van der Waals surface area contributed by atoms with Crippen LogP contribution >= 0.6 is 11.8 Å². The summed E-state index contributed by atoms with van der Waals surface area (Å²) in [6.07, 6.45) is -4.67. The van der Waals surface area contributed by atoms with Crippen molar-refractivity contribution in [2.24, 2.45) is 0 Å². The fourth-order valence-electron chi connectivity index (χ4n) is 2.76. The Kier molecular flexibility index (Phi) is 7.57. The summed E-state index contributed by atoms with van der Waals surface area (Å²) >= 11 is 0.830. The van der Waals surface area contributed by atoms with Crippen molar-refractivity contribution in [1.29, 1.82) is 0 Å². The molecule has 6 nitrogen and oxygen atoms in total. The molecule has 0 saturated heterocycles. The lowest BCUT2D eigenvalue weighted by Crippen LogP contribution is -2.24. The van der Waals surface area contributed by atoms with E-state index in [-0.39, 0.29) is 22.5 Å². The molecule has 0 spiro atoms. The number of nitrogens with zero attached hydrogens (tertiary/aromatic N) is 2. The van der Waals surface area contributed by atoms with Crippen LogP contribution < -0.4 is 14.8 Å². The molecule has 10 heteroatoms. The van der Waals surface area contributed by atoms with Gasteiger partial charge in [-0.25, -0.2) is 9.97 Å². The van der Waals surface area contributed by atoms with E-state index in [4.69, 9.17) is 9.47 Å². The quantitative estimate of drug-likeness (QED) is 0.389. The number of rotatable bonds is 8. The van der Waals surface area contributed by atoms with Crippen molar-refractivity contribution >= 4 is 17.7 Å². The second-order valence-corrected chi connectivity index (χ2v) is 7.48. The molecule has 1 aromatic heterocycles. The molecule has 0 fully saturated rings. The highest BCUT2D eigenvalue weighted by Crippen LogP contribution is 2.35. The summed E-state index contributed by atoms with van der Waals surface area (Å²) in [7, 11) is 2.89. The predicted molar refractivity (Wildman–Crippen MR) is 115 cm³/mol. The summed E-state index contributed by atoms with van der Waals surface area (Å²) in [6.45, 7) is 0.320. The number of methoxy groups -OCH3 is 2. The third kappa shape index (κ3) is 6.13. The van der Waals surface area contributed by atoms with Gasteiger partial charge in [0.1, 0.15) is 5.69 Å². The predicted octanol–water partition coefficient (Wildman–Crippen LogP) is 4.59. The van der Waals surface area contributed by atoms with Gasteiger partial charge in [0.05, 0.1) is 25.7 Å². The second-order valence-electron chi connectivity index (χ2n) is 6.54. The Hall–Kier alpha value is -3.27. The van der Waals surface area contributed by atoms with Gasteiger partial charge in [-0.3, -0.25) is 4.79 Å². The highest BCUT2D eigenvalue weighted by molar-refractivity contribution is 7.99. The van der Waals surface area contributed by atoms with E-state index in [1.807, 2.05) is 30.3 Å². The lowest BCUT2D eigenvalue weighted by atomic mass is 10.1. The van der Waals surface area contributed by atoms with Crippen molar-refractivity contribution in [2.45, 2.75) is 17.9 Å². The van der Waals surface area contributed by atoms with Gasteiger partial charge in [0.15, 0.2) is 16.7 Å². The molecule has 1 N–H and O–H groups in total. The van der Waals surface area contributed by atoms with Crippen LogP contribution in [-0.4, -0.2) is 35.8 Å². The molecular weight excluding hydrogens is 443 g/mol. The molecule has 32 heavy (non-hydrogen) atoms. The van der Waals surface area contributed by atoms with Crippen LogP contribution in [0.5, 0.6) is 11.5 Å². The van der Waals surface area contributed by atoms with Crippen molar-refractivity contribution in [3.05, 3.63) is 65.9 Å². The number of hydrogen-bond donors (Lipinski definition) is 1. The smallest absolute Gasteiger partial charge is 0.433 e. The van der Waals surface area contributed by atoms with E-state index in [1.54, 1.807) is 12.1 Å². The average molecular weight is 463 g/mol. The standard InChI is InChI=1S/C22H20F3N3O3S/c1-30-17-9-8-15(10-18(17)31-2)16-11-19(22(23,24)25)28-21(27-16)32-13-20(29)26-12-14-6-4-3-5-7-14/h3-11H,12-13H2,1-2H3,(H,26,29). The van der Waals surface area contributed by atoms with Crippen molar-refractivity contribution in [1.82, 2.24) is 15.3 Å². The lowest BCUT2D eigenvalue weighted by Gasteiger charge is -2.12. The number of nitrogens with one attached hydrogen (secondary N) is 1. The van der Waals surface area contributed by atoms with E-state index in [0.29, 0.717) is 23.6 Å².